The molecule has 5 heteroatoms. The largest absolute Gasteiger partial charge is 0.368 e. The van der Waals surface area contributed by atoms with E-state index in [1.165, 1.54) is 0 Å². The van der Waals surface area contributed by atoms with Crippen LogP contribution in [0.15, 0.2) is 30.3 Å². The average Bonchev–Trinajstić information content (AvgIpc) is 2.35. The van der Waals surface area contributed by atoms with Crippen LogP contribution in [0.2, 0.25) is 0 Å². The number of primary amides is 1. The van der Waals surface area contributed by atoms with Gasteiger partial charge in [0.1, 0.15) is 11.0 Å². The van der Waals surface area contributed by atoms with Gasteiger partial charge < -0.3 is 11.1 Å². The van der Waals surface area contributed by atoms with E-state index in [9.17, 15) is 4.79 Å². The minimum absolute atomic E-state index is 0.364. The standard InChI is InChI=1S/C12H16N2OS2/c1-17-8-7-10(11(13)15)14-12(16)9-5-3-2-4-6-9/h2-6,10H,7-8H2,1H3,(H2,13,15)(H,14,16). The van der Waals surface area contributed by atoms with E-state index in [1.54, 1.807) is 11.8 Å². The number of carbonyl (C=O) groups excluding carboxylic acids is 1. The summed E-state index contributed by atoms with van der Waals surface area (Å²) in [5.74, 6) is 0.509. The lowest BCUT2D eigenvalue weighted by Crippen LogP contribution is -2.44. The molecular weight excluding hydrogens is 252 g/mol. The maximum Gasteiger partial charge on any atom is 0.239 e. The van der Waals surface area contributed by atoms with Crippen LogP contribution >= 0.6 is 24.0 Å². The Kier molecular flexibility index (Phi) is 6.00. The number of nitrogens with two attached hydrogens (primary N) is 1. The van der Waals surface area contributed by atoms with Crippen LogP contribution in [0.3, 0.4) is 0 Å². The highest BCUT2D eigenvalue weighted by atomic mass is 32.2. The Labute approximate surface area is 111 Å². The Balaban J connectivity index is 2.61. The van der Waals surface area contributed by atoms with Crippen molar-refractivity contribution in [3.63, 3.8) is 0 Å². The number of hydrogen-bond acceptors (Lipinski definition) is 3. The molecule has 1 rings (SSSR count). The number of amides is 1. The molecule has 0 fully saturated rings. The minimum Gasteiger partial charge on any atom is -0.368 e. The van der Waals surface area contributed by atoms with Gasteiger partial charge in [-0.25, -0.2) is 0 Å². The second kappa shape index (κ2) is 7.29. The Hall–Kier alpha value is -1.07. The number of carbonyl (C=O) groups is 1. The molecule has 1 aromatic rings. The third-order valence-electron chi connectivity index (χ3n) is 2.30. The maximum atomic E-state index is 11.3. The van der Waals surface area contributed by atoms with E-state index in [4.69, 9.17) is 18.0 Å². The first-order valence-electron chi connectivity index (χ1n) is 5.29. The predicted molar refractivity (Wildman–Crippen MR) is 77.3 cm³/mol. The topological polar surface area (TPSA) is 55.1 Å². The molecule has 0 saturated heterocycles. The summed E-state index contributed by atoms with van der Waals surface area (Å²) in [6, 6.07) is 9.15. The molecule has 17 heavy (non-hydrogen) atoms. The first-order chi connectivity index (χ1) is 8.15. The second-order valence-electron chi connectivity index (χ2n) is 3.58. The van der Waals surface area contributed by atoms with Gasteiger partial charge in [0.15, 0.2) is 0 Å². The zero-order chi connectivity index (χ0) is 12.7. The number of thioether (sulfide) groups is 1. The highest BCUT2D eigenvalue weighted by Gasteiger charge is 2.16. The van der Waals surface area contributed by atoms with Crippen molar-refractivity contribution in [2.45, 2.75) is 12.5 Å². The molecule has 3 nitrogen and oxygen atoms in total. The van der Waals surface area contributed by atoms with Crippen molar-refractivity contribution in [3.05, 3.63) is 35.9 Å². The van der Waals surface area contributed by atoms with Crippen LogP contribution in [0.1, 0.15) is 12.0 Å². The summed E-state index contributed by atoms with van der Waals surface area (Å²) in [6.45, 7) is 0. The van der Waals surface area contributed by atoms with Crippen LogP contribution in [0.5, 0.6) is 0 Å². The van der Waals surface area contributed by atoms with E-state index in [0.29, 0.717) is 11.4 Å². The van der Waals surface area contributed by atoms with Gasteiger partial charge in [0.2, 0.25) is 5.91 Å². The molecule has 0 aliphatic carbocycles. The maximum absolute atomic E-state index is 11.3. The van der Waals surface area contributed by atoms with Crippen molar-refractivity contribution in [1.82, 2.24) is 5.32 Å². The van der Waals surface area contributed by atoms with E-state index >= 15 is 0 Å². The molecule has 1 aromatic carbocycles. The number of benzene rings is 1. The molecule has 0 spiro atoms. The molecule has 0 aliphatic heterocycles. The minimum atomic E-state index is -0.393. The molecule has 1 amide bonds. The van der Waals surface area contributed by atoms with E-state index in [1.807, 2.05) is 36.6 Å². The lowest BCUT2D eigenvalue weighted by molar-refractivity contribution is -0.119. The van der Waals surface area contributed by atoms with Crippen LogP contribution in [0, 0.1) is 0 Å². The Morgan fingerprint density at radius 2 is 2.12 bits per heavy atom. The second-order valence-corrected chi connectivity index (χ2v) is 4.97. The SMILES string of the molecule is CSCCC(NC(=S)c1ccccc1)C(N)=O. The summed E-state index contributed by atoms with van der Waals surface area (Å²) in [6.07, 6.45) is 2.68. The highest BCUT2D eigenvalue weighted by Crippen LogP contribution is 2.04. The van der Waals surface area contributed by atoms with Gasteiger partial charge >= 0.3 is 0 Å². The van der Waals surface area contributed by atoms with Crippen molar-refractivity contribution in [2.24, 2.45) is 5.73 Å². The predicted octanol–water partition coefficient (Wildman–Crippen LogP) is 1.56. The van der Waals surface area contributed by atoms with E-state index in [0.717, 1.165) is 11.3 Å². The van der Waals surface area contributed by atoms with Crippen LogP contribution in [-0.4, -0.2) is 28.9 Å². The molecule has 1 atom stereocenters. The Bertz CT molecular complexity index is 381. The van der Waals surface area contributed by atoms with E-state index in [2.05, 4.69) is 5.32 Å². The highest BCUT2D eigenvalue weighted by molar-refractivity contribution is 7.98. The van der Waals surface area contributed by atoms with Crippen LogP contribution in [0.25, 0.3) is 0 Å². The third-order valence-corrected chi connectivity index (χ3v) is 3.29. The number of thiocarbonyl (C=S) groups is 1. The monoisotopic (exact) mass is 268 g/mol. The van der Waals surface area contributed by atoms with E-state index < -0.39 is 6.04 Å². The van der Waals surface area contributed by atoms with Gasteiger partial charge in [-0.3, -0.25) is 4.79 Å². The van der Waals surface area contributed by atoms with Crippen molar-refractivity contribution >= 4 is 34.9 Å². The first-order valence-corrected chi connectivity index (χ1v) is 7.09. The van der Waals surface area contributed by atoms with E-state index in [-0.39, 0.29) is 5.91 Å². The van der Waals surface area contributed by atoms with Gasteiger partial charge in [-0.05, 0) is 18.4 Å². The molecular formula is C12H16N2OS2. The van der Waals surface area contributed by atoms with Gasteiger partial charge in [-0.1, -0.05) is 42.5 Å². The first kappa shape index (κ1) is 14.0. The number of hydrogen-bond donors (Lipinski definition) is 2. The quantitative estimate of drug-likeness (QED) is 0.769. The smallest absolute Gasteiger partial charge is 0.239 e. The lowest BCUT2D eigenvalue weighted by Gasteiger charge is -2.16. The molecule has 0 aliphatic rings. The van der Waals surface area contributed by atoms with Gasteiger partial charge in [0.25, 0.3) is 0 Å². The fraction of sp³-hybridized carbons (Fsp3) is 0.333. The lowest BCUT2D eigenvalue weighted by atomic mass is 10.1. The van der Waals surface area contributed by atoms with Crippen molar-refractivity contribution in [1.29, 1.82) is 0 Å². The fourth-order valence-electron chi connectivity index (χ4n) is 1.35. The zero-order valence-electron chi connectivity index (χ0n) is 9.68. The molecule has 0 bridgehead atoms. The van der Waals surface area contributed by atoms with Crippen molar-refractivity contribution in [2.75, 3.05) is 12.0 Å². The number of nitrogens with one attached hydrogen (secondary N) is 1. The Morgan fingerprint density at radius 3 is 2.65 bits per heavy atom. The van der Waals surface area contributed by atoms with Crippen molar-refractivity contribution in [3.8, 4) is 0 Å². The third kappa shape index (κ3) is 4.75. The van der Waals surface area contributed by atoms with Gasteiger partial charge in [0, 0.05) is 5.56 Å². The summed E-state index contributed by atoms with van der Waals surface area (Å²) in [4.78, 5) is 11.8. The summed E-state index contributed by atoms with van der Waals surface area (Å²) in [5, 5.41) is 3.01. The van der Waals surface area contributed by atoms with Crippen molar-refractivity contribution < 1.29 is 4.79 Å². The average molecular weight is 268 g/mol. The van der Waals surface area contributed by atoms with Crippen LogP contribution < -0.4 is 11.1 Å². The summed E-state index contributed by atoms with van der Waals surface area (Å²) < 4.78 is 0. The zero-order valence-corrected chi connectivity index (χ0v) is 11.3. The normalized spacial score (nSPS) is 11.8. The molecule has 0 aromatic heterocycles. The van der Waals surface area contributed by atoms with Crippen LogP contribution in [-0.2, 0) is 4.79 Å². The Morgan fingerprint density at radius 1 is 1.47 bits per heavy atom. The number of rotatable bonds is 6. The van der Waals surface area contributed by atoms with Crippen LogP contribution in [0.4, 0.5) is 0 Å². The molecule has 92 valence electrons. The molecule has 1 unspecified atom stereocenters. The molecule has 0 heterocycles. The summed E-state index contributed by atoms with van der Waals surface area (Å²) in [5.41, 5.74) is 6.23. The molecule has 3 N–H and O–H groups in total. The van der Waals surface area contributed by atoms with Gasteiger partial charge in [-0.15, -0.1) is 0 Å². The summed E-state index contributed by atoms with van der Waals surface area (Å²) >= 11 is 6.92. The van der Waals surface area contributed by atoms with Gasteiger partial charge in [-0.2, -0.15) is 11.8 Å². The van der Waals surface area contributed by atoms with Gasteiger partial charge in [0.05, 0.1) is 0 Å². The molecule has 0 radical (unpaired) electrons. The summed E-state index contributed by atoms with van der Waals surface area (Å²) in [7, 11) is 0. The molecule has 0 saturated carbocycles. The fourth-order valence-corrected chi connectivity index (χ4v) is 2.10.